The van der Waals surface area contributed by atoms with Crippen LogP contribution in [0.15, 0.2) is 63.8 Å². The molecule has 140 valence electrons. The normalized spacial score (nSPS) is 12.0. The highest BCUT2D eigenvalue weighted by atomic mass is 16.5. The summed E-state index contributed by atoms with van der Waals surface area (Å²) < 4.78 is 10.6. The number of hydrogen-bond donors (Lipinski definition) is 1. The summed E-state index contributed by atoms with van der Waals surface area (Å²) in [5, 5.41) is 11.0. The molecule has 2 aromatic carbocycles. The second-order valence-electron chi connectivity index (χ2n) is 6.47. The third-order valence-electron chi connectivity index (χ3n) is 4.43. The molecule has 0 fully saturated rings. The van der Waals surface area contributed by atoms with E-state index in [4.69, 9.17) is 9.15 Å². The van der Waals surface area contributed by atoms with E-state index >= 15 is 0 Å². The van der Waals surface area contributed by atoms with Crippen molar-refractivity contribution in [3.63, 3.8) is 0 Å². The van der Waals surface area contributed by atoms with Crippen molar-refractivity contribution in [1.82, 2.24) is 0 Å². The molecule has 1 unspecified atom stereocenters. The van der Waals surface area contributed by atoms with Crippen LogP contribution in [0.2, 0.25) is 0 Å². The van der Waals surface area contributed by atoms with E-state index in [1.54, 1.807) is 24.3 Å². The maximum absolute atomic E-state index is 12.6. The van der Waals surface area contributed by atoms with Gasteiger partial charge >= 0.3 is 11.6 Å². The zero-order valence-corrected chi connectivity index (χ0v) is 15.2. The van der Waals surface area contributed by atoms with Gasteiger partial charge in [-0.1, -0.05) is 49.4 Å². The van der Waals surface area contributed by atoms with Crippen molar-refractivity contribution in [2.24, 2.45) is 5.92 Å². The number of benzene rings is 2. The Labute approximate surface area is 157 Å². The van der Waals surface area contributed by atoms with Crippen LogP contribution in [0, 0.1) is 5.92 Å². The van der Waals surface area contributed by atoms with Crippen LogP contribution in [0.4, 0.5) is 0 Å². The van der Waals surface area contributed by atoms with Crippen LogP contribution in [-0.4, -0.2) is 17.7 Å². The van der Waals surface area contributed by atoms with E-state index in [0.29, 0.717) is 30.4 Å². The van der Waals surface area contributed by atoms with Crippen molar-refractivity contribution in [2.75, 3.05) is 6.61 Å². The van der Waals surface area contributed by atoms with Gasteiger partial charge in [-0.25, -0.2) is 4.79 Å². The first-order chi connectivity index (χ1) is 13.1. The molecule has 0 bridgehead atoms. The Kier molecular flexibility index (Phi) is 5.91. The summed E-state index contributed by atoms with van der Waals surface area (Å²) >= 11 is 0. The molecule has 5 nitrogen and oxygen atoms in total. The summed E-state index contributed by atoms with van der Waals surface area (Å²) in [6.07, 6.45) is 1.18. The van der Waals surface area contributed by atoms with Crippen LogP contribution >= 0.6 is 0 Å². The minimum atomic E-state index is -0.632. The van der Waals surface area contributed by atoms with Crippen molar-refractivity contribution in [3.8, 4) is 5.75 Å². The number of rotatable bonds is 7. The number of carbonyl (C=O) groups excluding carboxylic acids is 1. The van der Waals surface area contributed by atoms with Gasteiger partial charge in [0.15, 0.2) is 0 Å². The minimum Gasteiger partial charge on any atom is -0.507 e. The summed E-state index contributed by atoms with van der Waals surface area (Å²) in [4.78, 5) is 25.0. The molecule has 1 heterocycles. The van der Waals surface area contributed by atoms with Crippen molar-refractivity contribution < 1.29 is 19.1 Å². The largest absolute Gasteiger partial charge is 0.507 e. The zero-order valence-electron chi connectivity index (χ0n) is 15.2. The van der Waals surface area contributed by atoms with E-state index in [1.165, 1.54) is 0 Å². The van der Waals surface area contributed by atoms with Crippen LogP contribution in [0.1, 0.15) is 24.5 Å². The Morgan fingerprint density at radius 3 is 2.52 bits per heavy atom. The molecule has 0 spiro atoms. The lowest BCUT2D eigenvalue weighted by Crippen LogP contribution is -2.25. The molecule has 0 aliphatic carbocycles. The maximum Gasteiger partial charge on any atom is 0.343 e. The average Bonchev–Trinajstić information content (AvgIpc) is 2.69. The quantitative estimate of drug-likeness (QED) is 0.508. The molecule has 1 N–H and O–H groups in total. The Morgan fingerprint density at radius 2 is 1.78 bits per heavy atom. The Morgan fingerprint density at radius 1 is 1.07 bits per heavy atom. The van der Waals surface area contributed by atoms with Gasteiger partial charge in [0.05, 0.1) is 23.5 Å². The molecule has 3 rings (SSSR count). The third kappa shape index (κ3) is 4.37. The van der Waals surface area contributed by atoms with E-state index in [1.807, 2.05) is 37.3 Å². The van der Waals surface area contributed by atoms with Gasteiger partial charge in [-0.3, -0.25) is 4.79 Å². The van der Waals surface area contributed by atoms with E-state index < -0.39 is 11.5 Å². The van der Waals surface area contributed by atoms with Crippen LogP contribution in [0.5, 0.6) is 5.75 Å². The first-order valence-electron chi connectivity index (χ1n) is 9.04. The number of aromatic hydroxyl groups is 1. The number of ether oxygens (including phenoxy) is 1. The first kappa shape index (κ1) is 18.7. The lowest BCUT2D eigenvalue weighted by molar-refractivity contribution is -0.148. The Bertz CT molecular complexity index is 975. The summed E-state index contributed by atoms with van der Waals surface area (Å²) in [7, 11) is 0. The standard InChI is InChI=1S/C22H22O5/c1-2-12-26-21(24)16(13-15-8-4-3-5-9-15)14-18-20(23)17-10-6-7-11-19(17)27-22(18)25/h3-11,16,23H,2,12-14H2,1H3. The third-order valence-corrected chi connectivity index (χ3v) is 4.43. The van der Waals surface area contributed by atoms with Gasteiger partial charge < -0.3 is 14.3 Å². The predicted molar refractivity (Wildman–Crippen MR) is 103 cm³/mol. The SMILES string of the molecule is CCCOC(=O)C(Cc1ccccc1)Cc1c(O)c2ccccc2oc1=O. The monoisotopic (exact) mass is 366 g/mol. The fraction of sp³-hybridized carbons (Fsp3) is 0.273. The molecule has 3 aromatic rings. The molecule has 0 radical (unpaired) electrons. The molecule has 1 aromatic heterocycles. The number of carbonyl (C=O) groups is 1. The van der Waals surface area contributed by atoms with Crippen LogP contribution in [-0.2, 0) is 22.4 Å². The molecule has 5 heteroatoms. The van der Waals surface area contributed by atoms with Gasteiger partial charge in [-0.2, -0.15) is 0 Å². The molecule has 1 atom stereocenters. The van der Waals surface area contributed by atoms with Crippen molar-refractivity contribution in [2.45, 2.75) is 26.2 Å². The van der Waals surface area contributed by atoms with Gasteiger partial charge in [-0.05, 0) is 37.0 Å². The highest BCUT2D eigenvalue weighted by Gasteiger charge is 2.25. The first-order valence-corrected chi connectivity index (χ1v) is 9.04. The fourth-order valence-corrected chi connectivity index (χ4v) is 3.06. The van der Waals surface area contributed by atoms with E-state index in [2.05, 4.69) is 0 Å². The highest BCUT2D eigenvalue weighted by Crippen LogP contribution is 2.28. The fourth-order valence-electron chi connectivity index (χ4n) is 3.06. The maximum atomic E-state index is 12.6. The van der Waals surface area contributed by atoms with Crippen LogP contribution in [0.3, 0.4) is 0 Å². The second kappa shape index (κ2) is 8.54. The average molecular weight is 366 g/mol. The number of para-hydroxylation sites is 1. The summed E-state index contributed by atoms with van der Waals surface area (Å²) in [5.74, 6) is -1.11. The van der Waals surface area contributed by atoms with Crippen molar-refractivity contribution in [1.29, 1.82) is 0 Å². The van der Waals surface area contributed by atoms with Crippen LogP contribution < -0.4 is 5.63 Å². The molecule has 0 saturated carbocycles. The van der Waals surface area contributed by atoms with Crippen LogP contribution in [0.25, 0.3) is 11.0 Å². The van der Waals surface area contributed by atoms with Gasteiger partial charge in [0.1, 0.15) is 11.3 Å². The van der Waals surface area contributed by atoms with E-state index in [-0.39, 0.29) is 23.7 Å². The van der Waals surface area contributed by atoms with Gasteiger partial charge in [-0.15, -0.1) is 0 Å². The molecular formula is C22H22O5. The predicted octanol–water partition coefficient (Wildman–Crippen LogP) is 3.85. The van der Waals surface area contributed by atoms with E-state index in [9.17, 15) is 14.7 Å². The molecular weight excluding hydrogens is 344 g/mol. The molecule has 0 amide bonds. The van der Waals surface area contributed by atoms with Gasteiger partial charge in [0.25, 0.3) is 0 Å². The van der Waals surface area contributed by atoms with Gasteiger partial charge in [0, 0.05) is 0 Å². The number of fused-ring (bicyclic) bond motifs is 1. The lowest BCUT2D eigenvalue weighted by Gasteiger charge is -2.16. The second-order valence-corrected chi connectivity index (χ2v) is 6.47. The minimum absolute atomic E-state index is 0.0520. The molecule has 0 aliphatic rings. The summed E-state index contributed by atoms with van der Waals surface area (Å²) in [6.45, 7) is 2.24. The van der Waals surface area contributed by atoms with Crippen molar-refractivity contribution >= 4 is 16.9 Å². The molecule has 0 aliphatic heterocycles. The Hall–Kier alpha value is -3.08. The van der Waals surface area contributed by atoms with Gasteiger partial charge in [0.2, 0.25) is 0 Å². The van der Waals surface area contributed by atoms with Crippen molar-refractivity contribution in [3.05, 3.63) is 76.1 Å². The topological polar surface area (TPSA) is 76.7 Å². The number of esters is 1. The van der Waals surface area contributed by atoms with E-state index in [0.717, 1.165) is 5.56 Å². The number of hydrogen-bond acceptors (Lipinski definition) is 5. The zero-order chi connectivity index (χ0) is 19.2. The molecule has 27 heavy (non-hydrogen) atoms. The molecule has 0 saturated heterocycles. The smallest absolute Gasteiger partial charge is 0.343 e. The lowest BCUT2D eigenvalue weighted by atomic mass is 9.92. The Balaban J connectivity index is 1.94. The summed E-state index contributed by atoms with van der Waals surface area (Å²) in [5.41, 5.74) is 0.744. The summed E-state index contributed by atoms with van der Waals surface area (Å²) in [6, 6.07) is 16.3. The highest BCUT2D eigenvalue weighted by molar-refractivity contribution is 5.84.